The van der Waals surface area contributed by atoms with Crippen molar-refractivity contribution in [1.29, 1.82) is 0 Å². The summed E-state index contributed by atoms with van der Waals surface area (Å²) in [4.78, 5) is 3.94. The summed E-state index contributed by atoms with van der Waals surface area (Å²) in [6, 6.07) is 9.06. The molecule has 0 unspecified atom stereocenters. The fourth-order valence-corrected chi connectivity index (χ4v) is 2.75. The van der Waals surface area contributed by atoms with Crippen molar-refractivity contribution < 1.29 is 4.42 Å². The van der Waals surface area contributed by atoms with Crippen LogP contribution in [0, 0.1) is 0 Å². The lowest BCUT2D eigenvalue weighted by atomic mass is 10.1. The van der Waals surface area contributed by atoms with Crippen LogP contribution in [0.25, 0.3) is 11.3 Å². The van der Waals surface area contributed by atoms with E-state index in [0.717, 1.165) is 11.3 Å². The van der Waals surface area contributed by atoms with Gasteiger partial charge in [-0.3, -0.25) is 0 Å². The molecule has 1 aromatic heterocycles. The van der Waals surface area contributed by atoms with E-state index in [9.17, 15) is 0 Å². The molecule has 0 radical (unpaired) electrons. The van der Waals surface area contributed by atoms with Crippen LogP contribution in [0.2, 0.25) is 0 Å². The third kappa shape index (κ3) is 3.16. The lowest BCUT2D eigenvalue weighted by molar-refractivity contribution is 0.572. The highest BCUT2D eigenvalue weighted by molar-refractivity contribution is 5.60. The maximum absolute atomic E-state index is 5.29. The number of hydrogen-bond acceptors (Lipinski definition) is 3. The molecule has 1 heterocycles. The summed E-state index contributed by atoms with van der Waals surface area (Å²) in [7, 11) is 0. The Hall–Kier alpha value is -1.77. The molecule has 0 aliphatic heterocycles. The molecule has 0 spiro atoms. The molecule has 0 atom stereocenters. The van der Waals surface area contributed by atoms with E-state index in [1.54, 1.807) is 6.20 Å². The Labute approximate surface area is 114 Å². The first-order chi connectivity index (χ1) is 9.42. The summed E-state index contributed by atoms with van der Waals surface area (Å²) >= 11 is 0. The Morgan fingerprint density at radius 3 is 2.37 bits per heavy atom. The van der Waals surface area contributed by atoms with Crippen LogP contribution in [-0.2, 0) is 0 Å². The van der Waals surface area contributed by atoms with E-state index in [1.165, 1.54) is 50.6 Å². The minimum atomic E-state index is 0.638. The van der Waals surface area contributed by atoms with Crippen molar-refractivity contribution in [2.24, 2.45) is 0 Å². The van der Waals surface area contributed by atoms with Gasteiger partial charge in [-0.1, -0.05) is 25.7 Å². The molecule has 2 aromatic rings. The van der Waals surface area contributed by atoms with E-state index in [1.807, 2.05) is 0 Å². The first-order valence-electron chi connectivity index (χ1n) is 7.17. The zero-order valence-electron chi connectivity index (χ0n) is 11.1. The third-order valence-corrected chi connectivity index (χ3v) is 3.83. The second-order valence-electron chi connectivity index (χ2n) is 5.28. The first-order valence-corrected chi connectivity index (χ1v) is 7.17. The Bertz CT molecular complexity index is 482. The van der Waals surface area contributed by atoms with E-state index >= 15 is 0 Å². The average Bonchev–Trinajstić information content (AvgIpc) is 2.86. The van der Waals surface area contributed by atoms with Crippen molar-refractivity contribution in [3.63, 3.8) is 0 Å². The van der Waals surface area contributed by atoms with Crippen molar-refractivity contribution in [2.75, 3.05) is 5.32 Å². The van der Waals surface area contributed by atoms with Gasteiger partial charge in [-0.05, 0) is 37.1 Å². The summed E-state index contributed by atoms with van der Waals surface area (Å²) < 4.78 is 5.29. The van der Waals surface area contributed by atoms with Crippen LogP contribution < -0.4 is 5.32 Å². The molecule has 1 N–H and O–H groups in total. The van der Waals surface area contributed by atoms with Crippen LogP contribution in [0.15, 0.2) is 41.3 Å². The van der Waals surface area contributed by atoms with Crippen LogP contribution >= 0.6 is 0 Å². The molecule has 0 amide bonds. The van der Waals surface area contributed by atoms with Gasteiger partial charge >= 0.3 is 0 Å². The van der Waals surface area contributed by atoms with Crippen molar-refractivity contribution in [1.82, 2.24) is 4.98 Å². The second-order valence-corrected chi connectivity index (χ2v) is 5.28. The smallest absolute Gasteiger partial charge is 0.181 e. The normalized spacial score (nSPS) is 17.1. The summed E-state index contributed by atoms with van der Waals surface area (Å²) in [5.74, 6) is 0.820. The van der Waals surface area contributed by atoms with Gasteiger partial charge in [0.15, 0.2) is 12.2 Å². The van der Waals surface area contributed by atoms with Crippen LogP contribution in [-0.4, -0.2) is 11.0 Å². The van der Waals surface area contributed by atoms with Gasteiger partial charge in [0.2, 0.25) is 0 Å². The lowest BCUT2D eigenvalue weighted by Gasteiger charge is -2.17. The predicted molar refractivity (Wildman–Crippen MR) is 77.1 cm³/mol. The molecular formula is C16H20N2O. The van der Waals surface area contributed by atoms with Gasteiger partial charge in [0.25, 0.3) is 0 Å². The minimum absolute atomic E-state index is 0.638. The number of nitrogens with one attached hydrogen (secondary N) is 1. The standard InChI is InChI=1S/C16H20N2O/c1-2-4-6-14(5-3-1)18-15-9-7-13(8-10-15)16-11-17-12-19-16/h7-12,14,18H,1-6H2. The SMILES string of the molecule is c1ncc(-c2ccc(NC3CCCCCC3)cc2)o1. The molecule has 1 fully saturated rings. The maximum Gasteiger partial charge on any atom is 0.181 e. The van der Waals surface area contributed by atoms with Crippen LogP contribution in [0.5, 0.6) is 0 Å². The van der Waals surface area contributed by atoms with Gasteiger partial charge < -0.3 is 9.73 Å². The molecule has 1 saturated carbocycles. The minimum Gasteiger partial charge on any atom is -0.444 e. The Morgan fingerprint density at radius 2 is 1.74 bits per heavy atom. The third-order valence-electron chi connectivity index (χ3n) is 3.83. The Kier molecular flexibility index (Phi) is 3.82. The number of benzene rings is 1. The lowest BCUT2D eigenvalue weighted by Crippen LogP contribution is -2.17. The van der Waals surface area contributed by atoms with Crippen LogP contribution in [0.4, 0.5) is 5.69 Å². The molecule has 1 aromatic carbocycles. The van der Waals surface area contributed by atoms with E-state index in [0.29, 0.717) is 6.04 Å². The second kappa shape index (κ2) is 5.91. The molecule has 19 heavy (non-hydrogen) atoms. The number of aromatic nitrogens is 1. The molecule has 3 rings (SSSR count). The molecule has 1 aliphatic rings. The zero-order chi connectivity index (χ0) is 12.9. The summed E-state index contributed by atoms with van der Waals surface area (Å²) in [6.45, 7) is 0. The molecule has 3 heteroatoms. The van der Waals surface area contributed by atoms with Crippen LogP contribution in [0.3, 0.4) is 0 Å². The maximum atomic E-state index is 5.29. The summed E-state index contributed by atoms with van der Waals surface area (Å²) in [6.07, 6.45) is 11.3. The van der Waals surface area contributed by atoms with Gasteiger partial charge in [0.1, 0.15) is 0 Å². The van der Waals surface area contributed by atoms with Gasteiger partial charge in [-0.15, -0.1) is 0 Å². The van der Waals surface area contributed by atoms with Crippen molar-refractivity contribution in [3.8, 4) is 11.3 Å². The highest BCUT2D eigenvalue weighted by Gasteiger charge is 2.11. The summed E-state index contributed by atoms with van der Waals surface area (Å²) in [5, 5.41) is 3.65. The van der Waals surface area contributed by atoms with Crippen molar-refractivity contribution in [2.45, 2.75) is 44.6 Å². The molecule has 1 aliphatic carbocycles. The zero-order valence-corrected chi connectivity index (χ0v) is 11.1. The van der Waals surface area contributed by atoms with Gasteiger partial charge in [0.05, 0.1) is 6.20 Å². The van der Waals surface area contributed by atoms with Crippen LogP contribution in [0.1, 0.15) is 38.5 Å². The number of hydrogen-bond donors (Lipinski definition) is 1. The Morgan fingerprint density at radius 1 is 1.00 bits per heavy atom. The van der Waals surface area contributed by atoms with E-state index in [4.69, 9.17) is 4.42 Å². The van der Waals surface area contributed by atoms with Gasteiger partial charge in [0, 0.05) is 17.3 Å². The van der Waals surface area contributed by atoms with Gasteiger partial charge in [-0.25, -0.2) is 4.98 Å². The number of anilines is 1. The molecule has 100 valence electrons. The van der Waals surface area contributed by atoms with E-state index in [-0.39, 0.29) is 0 Å². The van der Waals surface area contributed by atoms with E-state index < -0.39 is 0 Å². The number of oxazole rings is 1. The van der Waals surface area contributed by atoms with E-state index in [2.05, 4.69) is 34.6 Å². The monoisotopic (exact) mass is 256 g/mol. The molecule has 3 nitrogen and oxygen atoms in total. The fourth-order valence-electron chi connectivity index (χ4n) is 2.75. The van der Waals surface area contributed by atoms with Crippen molar-refractivity contribution >= 4 is 5.69 Å². The fraction of sp³-hybridized carbons (Fsp3) is 0.438. The average molecular weight is 256 g/mol. The van der Waals surface area contributed by atoms with Crippen molar-refractivity contribution in [3.05, 3.63) is 36.9 Å². The largest absolute Gasteiger partial charge is 0.444 e. The summed E-state index contributed by atoms with van der Waals surface area (Å²) in [5.41, 5.74) is 2.28. The number of nitrogens with zero attached hydrogens (tertiary/aromatic N) is 1. The molecular weight excluding hydrogens is 236 g/mol. The molecule has 0 bridgehead atoms. The van der Waals surface area contributed by atoms with Gasteiger partial charge in [-0.2, -0.15) is 0 Å². The number of rotatable bonds is 3. The highest BCUT2D eigenvalue weighted by atomic mass is 16.3. The first kappa shape index (κ1) is 12.3. The Balaban J connectivity index is 1.65. The predicted octanol–water partition coefficient (Wildman–Crippen LogP) is 4.48. The highest BCUT2D eigenvalue weighted by Crippen LogP contribution is 2.24. The topological polar surface area (TPSA) is 38.1 Å². The quantitative estimate of drug-likeness (QED) is 0.823. The molecule has 0 saturated heterocycles.